The molecular formula is C25H31FN3O5P. The van der Waals surface area contributed by atoms with Crippen LogP contribution in [-0.2, 0) is 9.09 Å². The van der Waals surface area contributed by atoms with Crippen molar-refractivity contribution in [1.82, 2.24) is 9.34 Å². The van der Waals surface area contributed by atoms with E-state index in [1.54, 1.807) is 38.1 Å². The van der Waals surface area contributed by atoms with Crippen LogP contribution in [0.2, 0.25) is 0 Å². The third-order valence-electron chi connectivity index (χ3n) is 7.11. The molecule has 2 aromatic rings. The van der Waals surface area contributed by atoms with Crippen LogP contribution in [0, 0.1) is 10.1 Å². The van der Waals surface area contributed by atoms with E-state index >= 15 is 0 Å². The number of rotatable bonds is 9. The van der Waals surface area contributed by atoms with Crippen molar-refractivity contribution in [3.05, 3.63) is 63.7 Å². The van der Waals surface area contributed by atoms with Crippen LogP contribution < -0.4 is 4.74 Å². The number of nitrogens with zero attached hydrogens (tertiary/aromatic N) is 3. The molecule has 3 fully saturated rings. The first kappa shape index (κ1) is 24.4. The van der Waals surface area contributed by atoms with Gasteiger partial charge in [0.05, 0.1) is 11.0 Å². The van der Waals surface area contributed by atoms with E-state index in [0.29, 0.717) is 30.1 Å². The van der Waals surface area contributed by atoms with Crippen LogP contribution in [0.3, 0.4) is 0 Å². The molecule has 0 amide bonds. The van der Waals surface area contributed by atoms with Gasteiger partial charge in [-0.05, 0) is 80.8 Å². The Hall–Kier alpha value is -2.32. The van der Waals surface area contributed by atoms with Crippen LogP contribution in [0.4, 0.5) is 10.1 Å². The fraction of sp³-hybridized carbons (Fsp3) is 0.520. The Balaban J connectivity index is 1.32. The lowest BCUT2D eigenvalue weighted by Gasteiger charge is -2.31. The molecule has 2 aliphatic heterocycles. The molecule has 2 heterocycles. The monoisotopic (exact) mass is 503 g/mol. The number of alkyl halides is 1. The van der Waals surface area contributed by atoms with Crippen LogP contribution in [-0.4, -0.2) is 46.1 Å². The highest BCUT2D eigenvalue weighted by Gasteiger charge is 2.50. The zero-order valence-corrected chi connectivity index (χ0v) is 21.0. The molecule has 0 bridgehead atoms. The maximum absolute atomic E-state index is 14.1. The highest BCUT2D eigenvalue weighted by molar-refractivity contribution is 7.54. The summed E-state index contributed by atoms with van der Waals surface area (Å²) in [6.45, 7) is 6.46. The van der Waals surface area contributed by atoms with E-state index in [9.17, 15) is 19.1 Å². The smallest absolute Gasteiger partial charge is 0.346 e. The van der Waals surface area contributed by atoms with Gasteiger partial charge in [-0.15, -0.1) is 0 Å². The fourth-order valence-electron chi connectivity index (χ4n) is 4.68. The van der Waals surface area contributed by atoms with E-state index in [-0.39, 0.29) is 11.4 Å². The van der Waals surface area contributed by atoms with Gasteiger partial charge in [-0.25, -0.2) is 13.7 Å². The first-order valence-electron chi connectivity index (χ1n) is 12.2. The quantitative estimate of drug-likeness (QED) is 0.165. The molecule has 2 aromatic carbocycles. The molecule has 1 unspecified atom stereocenters. The largest absolute Gasteiger partial charge is 0.450 e. The van der Waals surface area contributed by atoms with Crippen molar-refractivity contribution in [2.24, 2.45) is 0 Å². The zero-order valence-electron chi connectivity index (χ0n) is 20.1. The van der Waals surface area contributed by atoms with Gasteiger partial charge in [-0.3, -0.25) is 19.2 Å². The molecule has 1 aliphatic carbocycles. The molecule has 10 heteroatoms. The Morgan fingerprint density at radius 3 is 2.23 bits per heavy atom. The zero-order chi connectivity index (χ0) is 24.8. The molecule has 0 spiro atoms. The van der Waals surface area contributed by atoms with Gasteiger partial charge in [0.2, 0.25) is 5.75 Å². The van der Waals surface area contributed by atoms with Gasteiger partial charge < -0.3 is 4.74 Å². The summed E-state index contributed by atoms with van der Waals surface area (Å²) < 4.78 is 43.1. The minimum Gasteiger partial charge on any atom is -0.450 e. The first-order chi connectivity index (χ1) is 16.6. The summed E-state index contributed by atoms with van der Waals surface area (Å²) in [5, 5.41) is 11.6. The Morgan fingerprint density at radius 2 is 1.69 bits per heavy atom. The second kappa shape index (κ2) is 9.28. The topological polar surface area (TPSA) is 84.7 Å². The van der Waals surface area contributed by atoms with Crippen molar-refractivity contribution in [2.75, 3.05) is 26.2 Å². The molecule has 2 saturated heterocycles. The van der Waals surface area contributed by atoms with Crippen molar-refractivity contribution in [2.45, 2.75) is 57.2 Å². The maximum Gasteiger partial charge on any atom is 0.346 e. The third-order valence-corrected chi connectivity index (χ3v) is 9.94. The summed E-state index contributed by atoms with van der Waals surface area (Å²) in [6.07, 6.45) is 2.18. The molecule has 3 aliphatic rings. The number of hydrogen-bond acceptors (Lipinski definition) is 5. The van der Waals surface area contributed by atoms with Gasteiger partial charge in [-0.1, -0.05) is 12.1 Å². The number of nitro groups is 1. The molecule has 0 aromatic heterocycles. The summed E-state index contributed by atoms with van der Waals surface area (Å²) in [4.78, 5) is 11.2. The number of hydrogen-bond donors (Lipinski definition) is 0. The van der Waals surface area contributed by atoms with Gasteiger partial charge in [0.1, 0.15) is 11.4 Å². The van der Waals surface area contributed by atoms with E-state index in [2.05, 4.69) is 0 Å². The van der Waals surface area contributed by atoms with E-state index in [0.717, 1.165) is 44.6 Å². The number of halogens is 1. The minimum absolute atomic E-state index is 0.106. The van der Waals surface area contributed by atoms with Crippen molar-refractivity contribution >= 4 is 13.4 Å². The predicted molar refractivity (Wildman–Crippen MR) is 131 cm³/mol. The van der Waals surface area contributed by atoms with Crippen molar-refractivity contribution in [1.29, 1.82) is 0 Å². The van der Waals surface area contributed by atoms with Crippen LogP contribution in [0.15, 0.2) is 42.5 Å². The summed E-state index contributed by atoms with van der Waals surface area (Å²) in [7, 11) is -3.03. The summed E-state index contributed by atoms with van der Waals surface area (Å²) >= 11 is 0. The van der Waals surface area contributed by atoms with Gasteiger partial charge in [0, 0.05) is 32.2 Å². The number of nitro benzene ring substituents is 1. The number of benzene rings is 2. The summed E-state index contributed by atoms with van der Waals surface area (Å²) in [6, 6.07) is 12.1. The molecule has 35 heavy (non-hydrogen) atoms. The molecule has 1 saturated carbocycles. The molecule has 0 radical (unpaired) electrons. The Kier molecular flexibility index (Phi) is 6.46. The van der Waals surface area contributed by atoms with Crippen molar-refractivity contribution < 1.29 is 23.1 Å². The molecule has 0 N–H and O–H groups in total. The lowest BCUT2D eigenvalue weighted by molar-refractivity contribution is -0.385. The molecule has 8 nitrogen and oxygen atoms in total. The van der Waals surface area contributed by atoms with Gasteiger partial charge >= 0.3 is 13.4 Å². The van der Waals surface area contributed by atoms with E-state index < -0.39 is 24.4 Å². The highest BCUT2D eigenvalue weighted by Crippen LogP contribution is 2.63. The van der Waals surface area contributed by atoms with E-state index in [1.807, 2.05) is 21.5 Å². The SMILES string of the molecule is CC(OP(=O)(N1CC1)N1CC1)c1ccc([N+](=O)[O-])c(Oc2ccc(C3CCC(C)(F)CC3)cc2)c1. The second-order valence-corrected chi connectivity index (χ2v) is 12.3. The first-order valence-corrected chi connectivity index (χ1v) is 13.7. The second-order valence-electron chi connectivity index (χ2n) is 9.99. The maximum atomic E-state index is 14.1. The van der Waals surface area contributed by atoms with E-state index in [4.69, 9.17) is 9.26 Å². The Labute approximate surface area is 204 Å². The molecular weight excluding hydrogens is 472 g/mol. The third kappa shape index (κ3) is 5.43. The van der Waals surface area contributed by atoms with Crippen LogP contribution >= 0.6 is 7.67 Å². The molecule has 188 valence electrons. The minimum atomic E-state index is -3.03. The van der Waals surface area contributed by atoms with Crippen LogP contribution in [0.5, 0.6) is 11.5 Å². The average molecular weight is 504 g/mol. The normalized spacial score (nSPS) is 25.7. The highest BCUT2D eigenvalue weighted by atomic mass is 31.2. The lowest BCUT2D eigenvalue weighted by Crippen LogP contribution is -2.24. The van der Waals surface area contributed by atoms with Crippen molar-refractivity contribution in [3.8, 4) is 11.5 Å². The van der Waals surface area contributed by atoms with Gasteiger partial charge in [0.25, 0.3) is 0 Å². The van der Waals surface area contributed by atoms with Gasteiger partial charge in [0.15, 0.2) is 0 Å². The van der Waals surface area contributed by atoms with Gasteiger partial charge in [-0.2, -0.15) is 0 Å². The number of ether oxygens (including phenoxy) is 1. The standard InChI is InChI=1S/C25H31FN3O5P/c1-18(34-35(32,27-13-14-27)28-15-16-28)21-5-8-23(29(30)31)24(17-21)33-22-6-3-19(4-7-22)20-9-11-25(2,26)12-10-20/h3-8,17-18,20H,9-16H2,1-2H3. The summed E-state index contributed by atoms with van der Waals surface area (Å²) in [5.74, 6) is 0.894. The van der Waals surface area contributed by atoms with Crippen LogP contribution in [0.25, 0.3) is 0 Å². The van der Waals surface area contributed by atoms with Crippen LogP contribution in [0.1, 0.15) is 62.7 Å². The Morgan fingerprint density at radius 1 is 1.09 bits per heavy atom. The average Bonchev–Trinajstić information content (AvgIpc) is 3.71. The summed E-state index contributed by atoms with van der Waals surface area (Å²) in [5.41, 5.74) is 0.547. The van der Waals surface area contributed by atoms with E-state index in [1.165, 1.54) is 6.07 Å². The Bertz CT molecular complexity index is 1120. The lowest BCUT2D eigenvalue weighted by atomic mass is 9.78. The molecule has 5 rings (SSSR count). The molecule has 1 atom stereocenters. The fourth-order valence-corrected chi connectivity index (χ4v) is 7.03. The predicted octanol–water partition coefficient (Wildman–Crippen LogP) is 6.59. The van der Waals surface area contributed by atoms with Crippen molar-refractivity contribution in [3.63, 3.8) is 0 Å².